The molecule has 0 amide bonds. The fourth-order valence-corrected chi connectivity index (χ4v) is 3.11. The zero-order valence-corrected chi connectivity index (χ0v) is 15.8. The maximum Gasteiger partial charge on any atom is 0.272 e. The number of rotatable bonds is 8. The van der Waals surface area contributed by atoms with Crippen LogP contribution in [0.1, 0.15) is 19.3 Å². The molecule has 6 heteroatoms. The van der Waals surface area contributed by atoms with Crippen molar-refractivity contribution in [3.05, 3.63) is 52.8 Å². The fraction of sp³-hybridized carbons (Fsp3) is 0.333. The van der Waals surface area contributed by atoms with Crippen LogP contribution in [0.5, 0.6) is 5.75 Å². The molecule has 0 spiro atoms. The largest absolute Gasteiger partial charge is 0.506 e. The lowest BCUT2D eigenvalue weighted by Gasteiger charge is -2.12. The Labute approximate surface area is 158 Å². The maximum absolute atomic E-state index is 12.0. The lowest BCUT2D eigenvalue weighted by Crippen LogP contribution is -2.13. The van der Waals surface area contributed by atoms with E-state index in [0.717, 1.165) is 43.3 Å². The number of nitrogens with one attached hydrogen (secondary N) is 2. The van der Waals surface area contributed by atoms with Crippen LogP contribution in [0.2, 0.25) is 0 Å². The summed E-state index contributed by atoms with van der Waals surface area (Å²) in [6.07, 6.45) is 3.34. The third-order valence-corrected chi connectivity index (χ3v) is 4.56. The third kappa shape index (κ3) is 4.65. The molecule has 3 N–H and O–H groups in total. The number of hydrogen-bond donors (Lipinski definition) is 3. The number of benzene rings is 2. The molecule has 0 fully saturated rings. The van der Waals surface area contributed by atoms with Gasteiger partial charge in [-0.25, -0.2) is 5.10 Å². The van der Waals surface area contributed by atoms with E-state index < -0.39 is 0 Å². The van der Waals surface area contributed by atoms with Crippen molar-refractivity contribution in [3.63, 3.8) is 0 Å². The van der Waals surface area contributed by atoms with E-state index in [0.29, 0.717) is 16.8 Å². The van der Waals surface area contributed by atoms with Gasteiger partial charge in [-0.1, -0.05) is 24.6 Å². The van der Waals surface area contributed by atoms with Gasteiger partial charge in [0.05, 0.1) is 16.8 Å². The number of fused-ring (bicyclic) bond motifs is 1. The van der Waals surface area contributed by atoms with Crippen molar-refractivity contribution in [1.82, 2.24) is 15.1 Å². The minimum atomic E-state index is -0.204. The summed E-state index contributed by atoms with van der Waals surface area (Å²) in [5.74, 6) is 0.209. The molecule has 27 heavy (non-hydrogen) atoms. The zero-order valence-electron chi connectivity index (χ0n) is 15.8. The second-order valence-electron chi connectivity index (χ2n) is 6.97. The topological polar surface area (TPSA) is 81.2 Å². The molecule has 0 bridgehead atoms. The number of hydrogen-bond acceptors (Lipinski definition) is 5. The Bertz CT molecular complexity index is 966. The molecule has 142 valence electrons. The van der Waals surface area contributed by atoms with Crippen molar-refractivity contribution in [2.45, 2.75) is 19.3 Å². The Balaban J connectivity index is 1.76. The maximum atomic E-state index is 12.0. The average Bonchev–Trinajstić information content (AvgIpc) is 2.66. The predicted octanol–water partition coefficient (Wildman–Crippen LogP) is 3.44. The average molecular weight is 366 g/mol. The Morgan fingerprint density at radius 1 is 1.07 bits per heavy atom. The van der Waals surface area contributed by atoms with E-state index in [1.807, 2.05) is 30.3 Å². The number of nitrogens with zero attached hydrogens (tertiary/aromatic N) is 2. The Morgan fingerprint density at radius 2 is 1.85 bits per heavy atom. The lowest BCUT2D eigenvalue weighted by molar-refractivity contribution is 0.392. The van der Waals surface area contributed by atoms with E-state index in [-0.39, 0.29) is 11.3 Å². The first-order valence-corrected chi connectivity index (χ1v) is 9.25. The van der Waals surface area contributed by atoms with Gasteiger partial charge < -0.3 is 15.3 Å². The highest BCUT2D eigenvalue weighted by molar-refractivity contribution is 5.94. The lowest BCUT2D eigenvalue weighted by atomic mass is 10.0. The van der Waals surface area contributed by atoms with Crippen molar-refractivity contribution in [3.8, 4) is 17.0 Å². The SMILES string of the molecule is CN(C)CCCCCNc1cc(-c2n[nH]c(=O)c3ccccc23)ccc1O. The van der Waals surface area contributed by atoms with Gasteiger partial charge in [-0.05, 0) is 57.7 Å². The molecule has 2 aromatic carbocycles. The van der Waals surface area contributed by atoms with Crippen LogP contribution < -0.4 is 10.9 Å². The Hall–Kier alpha value is -2.86. The van der Waals surface area contributed by atoms with Gasteiger partial charge in [-0.3, -0.25) is 4.79 Å². The molecule has 0 saturated carbocycles. The van der Waals surface area contributed by atoms with Gasteiger partial charge in [-0.2, -0.15) is 5.10 Å². The van der Waals surface area contributed by atoms with Crippen molar-refractivity contribution in [2.75, 3.05) is 32.5 Å². The molecule has 0 aliphatic heterocycles. The molecule has 6 nitrogen and oxygen atoms in total. The molecule has 1 heterocycles. The van der Waals surface area contributed by atoms with Crippen LogP contribution >= 0.6 is 0 Å². The van der Waals surface area contributed by atoms with Gasteiger partial charge >= 0.3 is 0 Å². The van der Waals surface area contributed by atoms with Crippen molar-refractivity contribution >= 4 is 16.5 Å². The van der Waals surface area contributed by atoms with Crippen LogP contribution in [-0.2, 0) is 0 Å². The second-order valence-corrected chi connectivity index (χ2v) is 6.97. The molecule has 3 aromatic rings. The summed E-state index contributed by atoms with van der Waals surface area (Å²) in [7, 11) is 4.16. The van der Waals surface area contributed by atoms with E-state index >= 15 is 0 Å². The second kappa shape index (κ2) is 8.68. The van der Waals surface area contributed by atoms with Crippen molar-refractivity contribution in [2.24, 2.45) is 0 Å². The van der Waals surface area contributed by atoms with Crippen LogP contribution in [-0.4, -0.2) is 47.4 Å². The van der Waals surface area contributed by atoms with Gasteiger partial charge in [0.2, 0.25) is 0 Å². The monoisotopic (exact) mass is 366 g/mol. The number of phenolic OH excluding ortho intramolecular Hbond substituents is 1. The van der Waals surface area contributed by atoms with Gasteiger partial charge in [0.25, 0.3) is 5.56 Å². The van der Waals surface area contributed by atoms with Crippen molar-refractivity contribution in [1.29, 1.82) is 0 Å². The van der Waals surface area contributed by atoms with E-state index in [1.165, 1.54) is 0 Å². The van der Waals surface area contributed by atoms with Crippen LogP contribution in [0.4, 0.5) is 5.69 Å². The van der Waals surface area contributed by atoms with E-state index in [4.69, 9.17) is 0 Å². The number of aromatic amines is 1. The molecule has 0 atom stereocenters. The number of H-pyrrole nitrogens is 1. The number of anilines is 1. The minimum Gasteiger partial charge on any atom is -0.506 e. The van der Waals surface area contributed by atoms with Gasteiger partial charge in [0.1, 0.15) is 5.75 Å². The smallest absolute Gasteiger partial charge is 0.272 e. The Morgan fingerprint density at radius 3 is 2.63 bits per heavy atom. The van der Waals surface area contributed by atoms with Gasteiger partial charge in [-0.15, -0.1) is 0 Å². The minimum absolute atomic E-state index is 0.204. The molecule has 1 aromatic heterocycles. The number of unbranched alkanes of at least 4 members (excludes halogenated alkanes) is 2. The first-order chi connectivity index (χ1) is 13.1. The van der Waals surface area contributed by atoms with E-state index in [9.17, 15) is 9.90 Å². The summed E-state index contributed by atoms with van der Waals surface area (Å²) >= 11 is 0. The number of aromatic hydroxyl groups is 1. The molecule has 0 radical (unpaired) electrons. The van der Waals surface area contributed by atoms with Crippen LogP contribution in [0.15, 0.2) is 47.3 Å². The predicted molar refractivity (Wildman–Crippen MR) is 110 cm³/mol. The summed E-state index contributed by atoms with van der Waals surface area (Å²) in [5.41, 5.74) is 2.01. The summed E-state index contributed by atoms with van der Waals surface area (Å²) in [4.78, 5) is 14.2. The first-order valence-electron chi connectivity index (χ1n) is 9.25. The molecule has 0 aliphatic carbocycles. The number of phenols is 1. The molecular weight excluding hydrogens is 340 g/mol. The Kier molecular flexibility index (Phi) is 6.08. The summed E-state index contributed by atoms with van der Waals surface area (Å²) < 4.78 is 0. The summed E-state index contributed by atoms with van der Waals surface area (Å²) in [6.45, 7) is 1.88. The summed E-state index contributed by atoms with van der Waals surface area (Å²) in [6, 6.07) is 12.7. The molecule has 0 aliphatic rings. The van der Waals surface area contributed by atoms with Gasteiger partial charge in [0, 0.05) is 17.5 Å². The normalized spacial score (nSPS) is 11.2. The van der Waals surface area contributed by atoms with Gasteiger partial charge in [0.15, 0.2) is 0 Å². The van der Waals surface area contributed by atoms with Crippen LogP contribution in [0, 0.1) is 0 Å². The highest BCUT2D eigenvalue weighted by Gasteiger charge is 2.10. The standard InChI is InChI=1S/C21H26N4O2/c1-25(2)13-7-3-6-12-22-18-14-15(10-11-19(18)26)20-16-8-4-5-9-17(16)21(27)24-23-20/h4-5,8-11,14,22,26H,3,6-7,12-13H2,1-2H3,(H,24,27). The zero-order chi connectivity index (χ0) is 19.2. The first kappa shape index (κ1) is 18.9. The van der Waals surface area contributed by atoms with Crippen LogP contribution in [0.3, 0.4) is 0 Å². The van der Waals surface area contributed by atoms with E-state index in [2.05, 4.69) is 34.5 Å². The highest BCUT2D eigenvalue weighted by Crippen LogP contribution is 2.31. The van der Waals surface area contributed by atoms with E-state index in [1.54, 1.807) is 12.1 Å². The molecule has 0 saturated heterocycles. The fourth-order valence-electron chi connectivity index (χ4n) is 3.11. The van der Waals surface area contributed by atoms with Crippen LogP contribution in [0.25, 0.3) is 22.0 Å². The molecular formula is C21H26N4O2. The summed E-state index contributed by atoms with van der Waals surface area (Å²) in [5, 5.41) is 21.7. The molecule has 0 unspecified atom stereocenters. The van der Waals surface area contributed by atoms with Crippen molar-refractivity contribution < 1.29 is 5.11 Å². The molecule has 3 rings (SSSR count). The highest BCUT2D eigenvalue weighted by atomic mass is 16.3. The number of aromatic nitrogens is 2. The quantitative estimate of drug-likeness (QED) is 0.420. The third-order valence-electron chi connectivity index (χ3n) is 4.56.